The van der Waals surface area contributed by atoms with Crippen molar-refractivity contribution in [1.29, 1.82) is 0 Å². The molecule has 1 saturated heterocycles. The zero-order chi connectivity index (χ0) is 26.8. The summed E-state index contributed by atoms with van der Waals surface area (Å²) in [6, 6.07) is 20.0. The Morgan fingerprint density at radius 2 is 1.58 bits per heavy atom. The molecule has 1 aliphatic heterocycles. The molecule has 1 amide bonds. The van der Waals surface area contributed by atoms with Crippen LogP contribution in [0, 0.1) is 5.82 Å². The van der Waals surface area contributed by atoms with E-state index < -0.39 is 11.5 Å². The Balaban J connectivity index is 1.53. The van der Waals surface area contributed by atoms with Crippen molar-refractivity contribution in [3.05, 3.63) is 111 Å². The number of methoxy groups -OCH3 is 1. The largest absolute Gasteiger partial charge is 0.465 e. The highest BCUT2D eigenvalue weighted by Crippen LogP contribution is 2.31. The molecule has 0 unspecified atom stereocenters. The zero-order valence-electron chi connectivity index (χ0n) is 20.7. The van der Waals surface area contributed by atoms with E-state index in [2.05, 4.69) is 0 Å². The molecular weight excluding hydrogens is 509 g/mol. The minimum absolute atomic E-state index is 0.0641. The summed E-state index contributed by atoms with van der Waals surface area (Å²) in [5.41, 5.74) is 1.85. The van der Waals surface area contributed by atoms with Crippen LogP contribution in [0.1, 0.15) is 26.3 Å². The van der Waals surface area contributed by atoms with Crippen LogP contribution in [0.15, 0.2) is 77.6 Å². The second kappa shape index (κ2) is 10.7. The molecule has 0 N–H and O–H groups in total. The van der Waals surface area contributed by atoms with Crippen LogP contribution in [0.3, 0.4) is 0 Å². The van der Waals surface area contributed by atoms with Gasteiger partial charge in [-0.1, -0.05) is 41.9 Å². The average Bonchev–Trinajstić information content (AvgIpc) is 2.95. The van der Waals surface area contributed by atoms with Crippen molar-refractivity contribution in [3.63, 3.8) is 0 Å². The lowest BCUT2D eigenvalue weighted by Crippen LogP contribution is -2.49. The van der Waals surface area contributed by atoms with Crippen molar-refractivity contribution in [1.82, 2.24) is 9.47 Å². The molecule has 0 bridgehead atoms. The molecule has 4 aromatic rings. The quantitative estimate of drug-likeness (QED) is 0.351. The van der Waals surface area contributed by atoms with Crippen molar-refractivity contribution in [2.45, 2.75) is 6.54 Å². The molecule has 1 aromatic heterocycles. The van der Waals surface area contributed by atoms with E-state index in [4.69, 9.17) is 16.3 Å². The number of para-hydroxylation sites is 1. The number of aromatic nitrogens is 1. The van der Waals surface area contributed by atoms with Crippen LogP contribution < -0.4 is 10.5 Å². The van der Waals surface area contributed by atoms with E-state index in [-0.39, 0.29) is 23.8 Å². The van der Waals surface area contributed by atoms with Crippen LogP contribution in [0.25, 0.3) is 10.9 Å². The van der Waals surface area contributed by atoms with Gasteiger partial charge in [-0.2, -0.15) is 0 Å². The number of esters is 1. The summed E-state index contributed by atoms with van der Waals surface area (Å²) in [6.45, 7) is 1.83. The van der Waals surface area contributed by atoms with Gasteiger partial charge in [-0.25, -0.2) is 9.18 Å². The molecule has 9 heteroatoms. The number of amides is 1. The fourth-order valence-electron chi connectivity index (χ4n) is 4.84. The zero-order valence-corrected chi connectivity index (χ0v) is 21.5. The summed E-state index contributed by atoms with van der Waals surface area (Å²) in [4.78, 5) is 43.5. The lowest BCUT2D eigenvalue weighted by atomic mass is 10.0. The molecule has 1 aliphatic rings. The number of rotatable bonds is 5. The first kappa shape index (κ1) is 25.5. The number of pyridine rings is 1. The van der Waals surface area contributed by atoms with E-state index in [1.807, 2.05) is 29.2 Å². The van der Waals surface area contributed by atoms with Gasteiger partial charge in [0.2, 0.25) is 0 Å². The van der Waals surface area contributed by atoms with Crippen LogP contribution in [-0.2, 0) is 11.3 Å². The first-order valence-corrected chi connectivity index (χ1v) is 12.5. The third kappa shape index (κ3) is 4.87. The summed E-state index contributed by atoms with van der Waals surface area (Å²) in [5, 5.41) is 1.27. The van der Waals surface area contributed by atoms with Crippen molar-refractivity contribution < 1.29 is 18.7 Å². The number of ether oxygens (including phenoxy) is 1. The topological polar surface area (TPSA) is 71.8 Å². The molecule has 0 saturated carbocycles. The van der Waals surface area contributed by atoms with Gasteiger partial charge < -0.3 is 19.1 Å². The molecule has 0 spiro atoms. The molecule has 5 rings (SSSR count). The number of nitrogens with zero attached hydrogens (tertiary/aromatic N) is 3. The molecule has 38 heavy (non-hydrogen) atoms. The van der Waals surface area contributed by atoms with Gasteiger partial charge in [0, 0.05) is 42.2 Å². The van der Waals surface area contributed by atoms with Crippen molar-refractivity contribution in [3.8, 4) is 0 Å². The molecule has 0 aliphatic carbocycles. The minimum atomic E-state index is -0.733. The van der Waals surface area contributed by atoms with Crippen LogP contribution in [-0.4, -0.2) is 54.6 Å². The Labute approximate surface area is 223 Å². The van der Waals surface area contributed by atoms with Gasteiger partial charge in [0.05, 0.1) is 24.9 Å². The van der Waals surface area contributed by atoms with Gasteiger partial charge >= 0.3 is 5.97 Å². The summed E-state index contributed by atoms with van der Waals surface area (Å²) < 4.78 is 20.0. The highest BCUT2D eigenvalue weighted by Gasteiger charge is 2.30. The van der Waals surface area contributed by atoms with Gasteiger partial charge in [0.1, 0.15) is 11.4 Å². The molecule has 3 aromatic carbocycles. The third-order valence-electron chi connectivity index (χ3n) is 6.76. The Morgan fingerprint density at radius 1 is 0.921 bits per heavy atom. The second-order valence-corrected chi connectivity index (χ2v) is 9.47. The maximum atomic E-state index is 13.8. The van der Waals surface area contributed by atoms with Crippen molar-refractivity contribution >= 4 is 40.1 Å². The number of carbonyl (C=O) groups is 2. The number of anilines is 1. The van der Waals surface area contributed by atoms with Gasteiger partial charge in [-0.15, -0.1) is 0 Å². The highest BCUT2D eigenvalue weighted by atomic mass is 35.5. The Kier molecular flexibility index (Phi) is 7.15. The summed E-state index contributed by atoms with van der Waals surface area (Å²) in [5.74, 6) is -1.21. The number of halogens is 2. The van der Waals surface area contributed by atoms with Crippen LogP contribution >= 0.6 is 11.6 Å². The van der Waals surface area contributed by atoms with Gasteiger partial charge in [0.25, 0.3) is 11.5 Å². The van der Waals surface area contributed by atoms with E-state index >= 15 is 0 Å². The standard InChI is InChI=1S/C29H25ClFN3O4/c1-38-29(37)25-26(32-14-16-33(17-15-32)27(35)20-8-10-21(30)11-9-20)23-4-2-3-5-24(23)34(28(25)36)18-19-6-12-22(31)13-7-19/h2-13H,14-18H2,1H3. The molecule has 2 heterocycles. The Hall–Kier alpha value is -4.17. The first-order valence-electron chi connectivity index (χ1n) is 12.2. The lowest BCUT2D eigenvalue weighted by molar-refractivity contribution is 0.0597. The van der Waals surface area contributed by atoms with Crippen LogP contribution in [0.4, 0.5) is 10.1 Å². The molecule has 1 fully saturated rings. The second-order valence-electron chi connectivity index (χ2n) is 9.04. The monoisotopic (exact) mass is 533 g/mol. The fraction of sp³-hybridized carbons (Fsp3) is 0.207. The molecule has 7 nitrogen and oxygen atoms in total. The Bertz CT molecular complexity index is 1560. The molecule has 194 valence electrons. The maximum Gasteiger partial charge on any atom is 0.345 e. The van der Waals surface area contributed by atoms with Gasteiger partial charge in [0.15, 0.2) is 0 Å². The molecule has 0 atom stereocenters. The summed E-state index contributed by atoms with van der Waals surface area (Å²) in [6.07, 6.45) is 0. The van der Waals surface area contributed by atoms with Crippen LogP contribution in [0.2, 0.25) is 5.02 Å². The first-order chi connectivity index (χ1) is 18.4. The average molecular weight is 534 g/mol. The summed E-state index contributed by atoms with van der Waals surface area (Å²) >= 11 is 5.95. The summed E-state index contributed by atoms with van der Waals surface area (Å²) in [7, 11) is 1.24. The Morgan fingerprint density at radius 3 is 2.24 bits per heavy atom. The number of hydrogen-bond acceptors (Lipinski definition) is 5. The van der Waals surface area contributed by atoms with Crippen LogP contribution in [0.5, 0.6) is 0 Å². The van der Waals surface area contributed by atoms with E-state index in [9.17, 15) is 18.8 Å². The van der Waals surface area contributed by atoms with Crippen molar-refractivity contribution in [2.75, 3.05) is 38.2 Å². The number of carbonyl (C=O) groups excluding carboxylic acids is 2. The maximum absolute atomic E-state index is 13.8. The third-order valence-corrected chi connectivity index (χ3v) is 7.02. The number of piperazine rings is 1. The smallest absolute Gasteiger partial charge is 0.345 e. The van der Waals surface area contributed by atoms with E-state index in [1.165, 1.54) is 23.8 Å². The van der Waals surface area contributed by atoms with E-state index in [0.29, 0.717) is 53.4 Å². The molecule has 0 radical (unpaired) electrons. The van der Waals surface area contributed by atoms with E-state index in [1.54, 1.807) is 41.3 Å². The fourth-order valence-corrected chi connectivity index (χ4v) is 4.97. The minimum Gasteiger partial charge on any atom is -0.465 e. The van der Waals surface area contributed by atoms with Gasteiger partial charge in [-0.05, 0) is 48.0 Å². The van der Waals surface area contributed by atoms with E-state index in [0.717, 1.165) is 5.56 Å². The number of fused-ring (bicyclic) bond motifs is 1. The predicted octanol–water partition coefficient (Wildman–Crippen LogP) is 4.59. The number of benzene rings is 3. The van der Waals surface area contributed by atoms with Gasteiger partial charge in [-0.3, -0.25) is 9.59 Å². The SMILES string of the molecule is COC(=O)c1c(N2CCN(C(=O)c3ccc(Cl)cc3)CC2)c2ccccc2n(Cc2ccc(F)cc2)c1=O. The highest BCUT2D eigenvalue weighted by molar-refractivity contribution is 6.30. The lowest BCUT2D eigenvalue weighted by Gasteiger charge is -2.37. The molecular formula is C29H25ClFN3O4. The van der Waals surface area contributed by atoms with Crippen molar-refractivity contribution in [2.24, 2.45) is 0 Å². The number of hydrogen-bond donors (Lipinski definition) is 0. The normalized spacial score (nSPS) is 13.6. The predicted molar refractivity (Wildman–Crippen MR) is 145 cm³/mol.